The topological polar surface area (TPSA) is 38.9 Å². The lowest BCUT2D eigenvalue weighted by Crippen LogP contribution is -2.06. The van der Waals surface area contributed by atoms with Crippen molar-refractivity contribution in [1.82, 2.24) is 10.3 Å². The van der Waals surface area contributed by atoms with Gasteiger partial charge in [-0.25, -0.2) is 13.4 Å². The standard InChI is InChI=1S/C24H28F2N2OS2.C2H6/c1-14(2)8-17-6-7-20(30-12-17)16(5)23(25)24(26)22(19-11-27-29-28-19)21-10-18(13-31-21)9-15(3)4;1-2/h6-7,10-15,20H,8-9H2,1-5H3;1-2H3/b23-16-,24-22-;. The third-order valence-corrected chi connectivity index (χ3v) is 7.08. The van der Waals surface area contributed by atoms with Crippen LogP contribution in [-0.4, -0.2) is 15.6 Å². The SMILES string of the molecule is C/C(=C(F)\C(F)=C(/c1cnon1)c1cc(CC(C)C)cs1)C1C=CC(CC(C)C)=CS1.CC. The van der Waals surface area contributed by atoms with Crippen LogP contribution in [0.25, 0.3) is 5.57 Å². The Hall–Kier alpha value is -1.99. The summed E-state index contributed by atoms with van der Waals surface area (Å²) < 4.78 is 35.5. The van der Waals surface area contributed by atoms with Crippen LogP contribution in [0.1, 0.15) is 71.0 Å². The summed E-state index contributed by atoms with van der Waals surface area (Å²) in [5.41, 5.74) is 2.91. The van der Waals surface area contributed by atoms with Crippen molar-refractivity contribution < 1.29 is 13.4 Å². The number of rotatable bonds is 8. The van der Waals surface area contributed by atoms with Crippen LogP contribution in [0, 0.1) is 11.8 Å². The molecule has 0 aromatic carbocycles. The summed E-state index contributed by atoms with van der Waals surface area (Å²) in [5, 5.41) is 11.1. The maximum absolute atomic E-state index is 15.5. The van der Waals surface area contributed by atoms with E-state index in [2.05, 4.69) is 42.6 Å². The average molecular weight is 493 g/mol. The van der Waals surface area contributed by atoms with Crippen molar-refractivity contribution in [2.75, 3.05) is 0 Å². The minimum atomic E-state index is -0.933. The smallest absolute Gasteiger partial charge is 0.169 e. The summed E-state index contributed by atoms with van der Waals surface area (Å²) >= 11 is 2.87. The van der Waals surface area contributed by atoms with Gasteiger partial charge in [0.1, 0.15) is 5.69 Å². The van der Waals surface area contributed by atoms with Gasteiger partial charge in [-0.15, -0.1) is 23.1 Å². The normalized spacial score (nSPS) is 17.4. The minimum Gasteiger partial charge on any atom is -0.244 e. The summed E-state index contributed by atoms with van der Waals surface area (Å²) in [6.07, 6.45) is 7.10. The Kier molecular flexibility index (Phi) is 10.8. The molecule has 0 fully saturated rings. The zero-order valence-electron chi connectivity index (χ0n) is 20.5. The molecule has 0 saturated carbocycles. The first-order chi connectivity index (χ1) is 15.8. The van der Waals surface area contributed by atoms with E-state index in [-0.39, 0.29) is 16.5 Å². The molecule has 3 nitrogen and oxygen atoms in total. The number of thiophene rings is 1. The van der Waals surface area contributed by atoms with Crippen molar-refractivity contribution in [1.29, 1.82) is 0 Å². The Balaban J connectivity index is 0.00000187. The number of nitrogens with zero attached hydrogens (tertiary/aromatic N) is 2. The van der Waals surface area contributed by atoms with Gasteiger partial charge >= 0.3 is 0 Å². The van der Waals surface area contributed by atoms with Gasteiger partial charge in [-0.2, -0.15) is 0 Å². The van der Waals surface area contributed by atoms with Gasteiger partial charge in [0.2, 0.25) is 0 Å². The number of halogens is 2. The van der Waals surface area contributed by atoms with E-state index < -0.39 is 11.7 Å². The highest BCUT2D eigenvalue weighted by molar-refractivity contribution is 8.03. The molecule has 0 radical (unpaired) electrons. The number of hydrogen-bond acceptors (Lipinski definition) is 5. The summed E-state index contributed by atoms with van der Waals surface area (Å²) in [7, 11) is 0. The molecule has 0 bridgehead atoms. The molecule has 0 aliphatic carbocycles. The van der Waals surface area contributed by atoms with Gasteiger partial charge in [-0.05, 0) is 70.3 Å². The first-order valence-electron chi connectivity index (χ1n) is 11.4. The van der Waals surface area contributed by atoms with Crippen molar-refractivity contribution in [2.45, 2.75) is 66.6 Å². The molecule has 7 heteroatoms. The van der Waals surface area contributed by atoms with E-state index in [1.807, 2.05) is 42.9 Å². The predicted octanol–water partition coefficient (Wildman–Crippen LogP) is 8.93. The second kappa shape index (κ2) is 13.0. The van der Waals surface area contributed by atoms with E-state index in [0.29, 0.717) is 22.3 Å². The third kappa shape index (κ3) is 7.51. The van der Waals surface area contributed by atoms with E-state index in [1.54, 1.807) is 6.92 Å². The second-order valence-electron chi connectivity index (χ2n) is 8.60. The Bertz CT molecular complexity index is 1020. The number of aromatic nitrogens is 2. The van der Waals surface area contributed by atoms with Gasteiger partial charge in [0.15, 0.2) is 11.7 Å². The molecular weight excluding hydrogens is 458 g/mol. The fourth-order valence-electron chi connectivity index (χ4n) is 3.40. The summed E-state index contributed by atoms with van der Waals surface area (Å²) in [4.78, 5) is 0.609. The molecule has 180 valence electrons. The second-order valence-corrected chi connectivity index (χ2v) is 10.5. The molecule has 0 amide bonds. The van der Waals surface area contributed by atoms with Crippen LogP contribution in [0.2, 0.25) is 0 Å². The Morgan fingerprint density at radius 1 is 1.09 bits per heavy atom. The van der Waals surface area contributed by atoms with Crippen LogP contribution in [-0.2, 0) is 6.42 Å². The molecule has 2 aromatic rings. The van der Waals surface area contributed by atoms with Crippen LogP contribution in [0.15, 0.2) is 62.6 Å². The van der Waals surface area contributed by atoms with E-state index in [9.17, 15) is 0 Å². The summed E-state index contributed by atoms with van der Waals surface area (Å²) in [6, 6.07) is 1.90. The Morgan fingerprint density at radius 3 is 2.33 bits per heavy atom. The van der Waals surface area contributed by atoms with E-state index in [1.165, 1.54) is 34.9 Å². The Labute approximate surface area is 204 Å². The lowest BCUT2D eigenvalue weighted by molar-refractivity contribution is 0.306. The van der Waals surface area contributed by atoms with Crippen molar-refractivity contribution in [2.24, 2.45) is 11.8 Å². The van der Waals surface area contributed by atoms with Gasteiger partial charge in [0, 0.05) is 4.88 Å². The van der Waals surface area contributed by atoms with Crippen molar-refractivity contribution in [3.05, 3.63) is 74.1 Å². The number of hydrogen-bond donors (Lipinski definition) is 0. The number of thioether (sulfide) groups is 1. The predicted molar refractivity (Wildman–Crippen MR) is 138 cm³/mol. The Morgan fingerprint density at radius 2 is 1.79 bits per heavy atom. The third-order valence-electron chi connectivity index (χ3n) is 4.84. The maximum Gasteiger partial charge on any atom is 0.169 e. The fraction of sp³-hybridized carbons (Fsp3) is 0.462. The van der Waals surface area contributed by atoms with E-state index in [0.717, 1.165) is 18.4 Å². The molecule has 1 atom stereocenters. The summed E-state index contributed by atoms with van der Waals surface area (Å²) in [6.45, 7) is 14.2. The van der Waals surface area contributed by atoms with Gasteiger partial charge in [0.05, 0.1) is 17.0 Å². The molecule has 33 heavy (non-hydrogen) atoms. The molecular formula is C26H34F2N2OS2. The van der Waals surface area contributed by atoms with Crippen molar-refractivity contribution >= 4 is 28.7 Å². The molecule has 3 rings (SSSR count). The largest absolute Gasteiger partial charge is 0.244 e. The highest BCUT2D eigenvalue weighted by Crippen LogP contribution is 2.38. The van der Waals surface area contributed by atoms with Crippen LogP contribution < -0.4 is 0 Å². The lowest BCUT2D eigenvalue weighted by atomic mass is 10.0. The summed E-state index contributed by atoms with van der Waals surface area (Å²) in [5.74, 6) is -0.778. The van der Waals surface area contributed by atoms with Gasteiger partial charge in [0.25, 0.3) is 0 Å². The molecule has 1 aliphatic heterocycles. The monoisotopic (exact) mass is 492 g/mol. The zero-order valence-corrected chi connectivity index (χ0v) is 22.1. The molecule has 0 spiro atoms. The molecule has 3 heterocycles. The average Bonchev–Trinajstić information content (AvgIpc) is 3.47. The van der Waals surface area contributed by atoms with Crippen LogP contribution in [0.3, 0.4) is 0 Å². The van der Waals surface area contributed by atoms with E-state index in [4.69, 9.17) is 0 Å². The first-order valence-corrected chi connectivity index (χ1v) is 13.2. The maximum atomic E-state index is 15.5. The van der Waals surface area contributed by atoms with Crippen molar-refractivity contribution in [3.8, 4) is 0 Å². The van der Waals surface area contributed by atoms with Crippen LogP contribution in [0.4, 0.5) is 8.78 Å². The minimum absolute atomic E-state index is 0.0823. The highest BCUT2D eigenvalue weighted by atomic mass is 32.2. The highest BCUT2D eigenvalue weighted by Gasteiger charge is 2.24. The quantitative estimate of drug-likeness (QED) is 0.345. The van der Waals surface area contributed by atoms with E-state index >= 15 is 8.78 Å². The fourth-order valence-corrected chi connectivity index (χ4v) is 5.35. The molecule has 2 aromatic heterocycles. The van der Waals surface area contributed by atoms with Gasteiger partial charge in [-0.3, -0.25) is 0 Å². The lowest BCUT2D eigenvalue weighted by Gasteiger charge is -2.18. The molecule has 1 aliphatic rings. The van der Waals surface area contributed by atoms with Gasteiger partial charge < -0.3 is 0 Å². The zero-order chi connectivity index (χ0) is 24.5. The van der Waals surface area contributed by atoms with Crippen LogP contribution >= 0.6 is 23.1 Å². The van der Waals surface area contributed by atoms with Crippen molar-refractivity contribution in [3.63, 3.8) is 0 Å². The molecule has 0 N–H and O–H groups in total. The molecule has 1 unspecified atom stereocenters. The molecule has 0 saturated heterocycles. The van der Waals surface area contributed by atoms with Crippen LogP contribution in [0.5, 0.6) is 0 Å². The number of allylic oxidation sites excluding steroid dienone is 4. The van der Waals surface area contributed by atoms with Gasteiger partial charge in [-0.1, -0.05) is 58.9 Å². The first kappa shape index (κ1) is 27.3.